The Morgan fingerprint density at radius 2 is 0.688 bits per heavy atom. The van der Waals surface area contributed by atoms with Crippen LogP contribution in [0.4, 0.5) is 0 Å². The van der Waals surface area contributed by atoms with Gasteiger partial charge in [-0.05, 0) is 72.4 Å². The van der Waals surface area contributed by atoms with Crippen LogP contribution in [-0.4, -0.2) is 31.9 Å². The lowest BCUT2D eigenvalue weighted by atomic mass is 10.0. The summed E-state index contributed by atoms with van der Waals surface area (Å²) in [6.45, 7) is 5.89. The Bertz CT molecular complexity index is 1780. The third-order valence-electron chi connectivity index (χ3n) is 8.07. The van der Waals surface area contributed by atoms with E-state index in [1.807, 2.05) is 20.8 Å². The van der Waals surface area contributed by atoms with Crippen LogP contribution in [0, 0.1) is 0 Å². The molecule has 0 N–H and O–H groups in total. The van der Waals surface area contributed by atoms with Crippen LogP contribution in [0.1, 0.15) is 94.1 Å². The van der Waals surface area contributed by atoms with Crippen LogP contribution < -0.4 is 17.1 Å². The molecule has 4 aromatic rings. The van der Waals surface area contributed by atoms with Gasteiger partial charge in [0.2, 0.25) is 18.2 Å². The van der Waals surface area contributed by atoms with Gasteiger partial charge in [-0.1, -0.05) is 76.4 Å². The van der Waals surface area contributed by atoms with Crippen molar-refractivity contribution in [3.05, 3.63) is 121 Å². The summed E-state index contributed by atoms with van der Waals surface area (Å²) in [4.78, 5) is 86.8. The summed E-state index contributed by atoms with van der Waals surface area (Å²) < 4.78 is 2.70. The zero-order valence-corrected chi connectivity index (χ0v) is 27.0. The number of aliphatic imine (C=N–C) groups is 3. The molecule has 0 spiro atoms. The van der Waals surface area contributed by atoms with Crippen molar-refractivity contribution >= 4 is 18.2 Å². The Morgan fingerprint density at radius 3 is 0.875 bits per heavy atom. The first-order valence-corrected chi connectivity index (χ1v) is 15.9. The molecule has 0 saturated heterocycles. The van der Waals surface area contributed by atoms with E-state index < -0.39 is 35.2 Å². The molecule has 0 amide bonds. The average molecular weight is 649 g/mol. The Hall–Kier alpha value is -5.79. The lowest BCUT2D eigenvalue weighted by molar-refractivity contribution is 0.551. The molecule has 0 radical (unpaired) electrons. The van der Waals surface area contributed by atoms with Gasteiger partial charge in [0.25, 0.3) is 0 Å². The van der Waals surface area contributed by atoms with Gasteiger partial charge in [-0.3, -0.25) is 0 Å². The molecule has 0 aliphatic heterocycles. The van der Waals surface area contributed by atoms with Crippen molar-refractivity contribution in [1.29, 1.82) is 0 Å². The Balaban J connectivity index is 1.95. The van der Waals surface area contributed by atoms with Gasteiger partial charge in [-0.2, -0.15) is 15.0 Å². The Morgan fingerprint density at radius 1 is 0.458 bits per heavy atom. The van der Waals surface area contributed by atoms with Crippen LogP contribution >= 0.6 is 0 Å². The molecule has 0 saturated carbocycles. The van der Waals surface area contributed by atoms with Gasteiger partial charge in [-0.25, -0.2) is 42.5 Å². The molecule has 0 fully saturated rings. The van der Waals surface area contributed by atoms with E-state index in [1.165, 1.54) is 0 Å². The fourth-order valence-electron chi connectivity index (χ4n) is 5.67. The first-order chi connectivity index (χ1) is 23.3. The van der Waals surface area contributed by atoms with Crippen molar-refractivity contribution in [2.24, 2.45) is 15.0 Å². The number of aromatic nitrogens is 3. The number of benzene rings is 3. The van der Waals surface area contributed by atoms with E-state index in [1.54, 1.807) is 91.0 Å². The van der Waals surface area contributed by atoms with Gasteiger partial charge in [0, 0.05) is 0 Å². The molecule has 48 heavy (non-hydrogen) atoms. The van der Waals surface area contributed by atoms with Crippen molar-refractivity contribution < 1.29 is 14.4 Å². The minimum absolute atomic E-state index is 0.196. The second kappa shape index (κ2) is 16.7. The predicted molar refractivity (Wildman–Crippen MR) is 181 cm³/mol. The third-order valence-corrected chi connectivity index (χ3v) is 8.07. The van der Waals surface area contributed by atoms with E-state index in [9.17, 15) is 28.8 Å². The maximum atomic E-state index is 14.1. The van der Waals surface area contributed by atoms with Crippen LogP contribution in [0.3, 0.4) is 0 Å². The number of nitrogens with zero attached hydrogens (tertiary/aromatic N) is 6. The van der Waals surface area contributed by atoms with Gasteiger partial charge >= 0.3 is 17.1 Å². The number of isocyanates is 3. The summed E-state index contributed by atoms with van der Waals surface area (Å²) in [5.41, 5.74) is 0.0174. The Kier molecular flexibility index (Phi) is 12.2. The average Bonchev–Trinajstić information content (AvgIpc) is 3.09. The lowest BCUT2D eigenvalue weighted by Gasteiger charge is -2.17. The molecule has 246 valence electrons. The summed E-state index contributed by atoms with van der Waals surface area (Å²) >= 11 is 0. The van der Waals surface area contributed by atoms with E-state index in [0.29, 0.717) is 36.0 Å². The molecule has 0 aliphatic rings. The van der Waals surface area contributed by atoms with E-state index in [2.05, 4.69) is 15.0 Å². The van der Waals surface area contributed by atoms with Crippen molar-refractivity contribution in [2.75, 3.05) is 0 Å². The van der Waals surface area contributed by atoms with Crippen molar-refractivity contribution in [3.63, 3.8) is 0 Å². The highest BCUT2D eigenvalue weighted by Crippen LogP contribution is 2.25. The normalized spacial score (nSPS) is 12.6. The van der Waals surface area contributed by atoms with E-state index >= 15 is 0 Å². The number of rotatable bonds is 15. The molecular weight excluding hydrogens is 612 g/mol. The highest BCUT2D eigenvalue weighted by molar-refractivity contribution is 5.43. The maximum absolute atomic E-state index is 14.1. The minimum atomic E-state index is -0.895. The summed E-state index contributed by atoms with van der Waals surface area (Å²) in [6, 6.07) is 18.1. The van der Waals surface area contributed by atoms with Crippen molar-refractivity contribution in [1.82, 2.24) is 13.7 Å². The van der Waals surface area contributed by atoms with E-state index in [4.69, 9.17) is 0 Å². The molecule has 0 bridgehead atoms. The second-order valence-corrected chi connectivity index (χ2v) is 11.2. The Labute approximate surface area is 276 Å². The molecule has 0 aliphatic carbocycles. The van der Waals surface area contributed by atoms with Crippen molar-refractivity contribution in [3.8, 4) is 17.1 Å². The second-order valence-electron chi connectivity index (χ2n) is 11.2. The summed E-state index contributed by atoms with van der Waals surface area (Å²) in [5.74, 6) is 0. The number of hydrogen-bond donors (Lipinski definition) is 0. The molecule has 12 heteroatoms. The van der Waals surface area contributed by atoms with E-state index in [-0.39, 0.29) is 17.1 Å². The molecular formula is C36H36N6O6. The zero-order valence-electron chi connectivity index (χ0n) is 27.0. The summed E-state index contributed by atoms with van der Waals surface area (Å²) in [7, 11) is 0. The van der Waals surface area contributed by atoms with Gasteiger partial charge in [0.1, 0.15) is 0 Å². The SMILES string of the molecule is CCCC(N=C=O)c1ccc(-n2c(=O)n(-c3ccc(C(CCC)N=C=O)cc3)c(=O)n(-c3ccc(C(CCC)N=C=O)cc3)c2=O)cc1. The lowest BCUT2D eigenvalue weighted by Crippen LogP contribution is -2.52. The minimum Gasteiger partial charge on any atom is -0.246 e. The van der Waals surface area contributed by atoms with Crippen LogP contribution in [0.15, 0.2) is 102 Å². The number of hydrogen-bond acceptors (Lipinski definition) is 9. The topological polar surface area (TPSA) is 154 Å². The maximum Gasteiger partial charge on any atom is 0.345 e. The third kappa shape index (κ3) is 7.60. The quantitative estimate of drug-likeness (QED) is 0.120. The molecule has 3 atom stereocenters. The highest BCUT2D eigenvalue weighted by atomic mass is 16.2. The predicted octanol–water partition coefficient (Wildman–Crippen LogP) is 5.67. The molecule has 3 aromatic carbocycles. The fourth-order valence-corrected chi connectivity index (χ4v) is 5.67. The molecule has 1 heterocycles. The van der Waals surface area contributed by atoms with Crippen LogP contribution in [0.25, 0.3) is 17.1 Å². The van der Waals surface area contributed by atoms with Gasteiger partial charge < -0.3 is 0 Å². The monoisotopic (exact) mass is 648 g/mol. The number of carbonyl (C=O) groups excluding carboxylic acids is 3. The molecule has 4 rings (SSSR count). The fraction of sp³-hybridized carbons (Fsp3) is 0.333. The summed E-state index contributed by atoms with van der Waals surface area (Å²) in [5, 5.41) is 0. The molecule has 3 unspecified atom stereocenters. The first-order valence-electron chi connectivity index (χ1n) is 15.9. The van der Waals surface area contributed by atoms with Gasteiger partial charge in [-0.15, -0.1) is 0 Å². The van der Waals surface area contributed by atoms with Crippen molar-refractivity contribution in [2.45, 2.75) is 77.4 Å². The standard InChI is InChI=1S/C36H36N6O6/c1-4-7-31(37-22-43)25-10-16-28(17-11-25)40-34(46)41(29-18-12-26(13-19-29)32(8-5-2)38-23-44)36(48)42(35(40)47)30-20-14-27(15-21-30)33(9-6-3)39-24-45/h10-21,31-33H,4-9H2,1-3H3. The van der Waals surface area contributed by atoms with Gasteiger partial charge in [0.15, 0.2) is 0 Å². The largest absolute Gasteiger partial charge is 0.345 e. The highest BCUT2D eigenvalue weighted by Gasteiger charge is 2.21. The van der Waals surface area contributed by atoms with Crippen LogP contribution in [0.5, 0.6) is 0 Å². The van der Waals surface area contributed by atoms with Gasteiger partial charge in [0.05, 0.1) is 35.2 Å². The zero-order chi connectivity index (χ0) is 34.6. The van der Waals surface area contributed by atoms with Crippen LogP contribution in [-0.2, 0) is 14.4 Å². The summed E-state index contributed by atoms with van der Waals surface area (Å²) in [6.07, 6.45) is 8.92. The van der Waals surface area contributed by atoms with E-state index in [0.717, 1.165) is 33.0 Å². The molecule has 1 aromatic heterocycles. The smallest absolute Gasteiger partial charge is 0.246 e. The first kappa shape index (κ1) is 35.1. The van der Waals surface area contributed by atoms with Crippen LogP contribution in [0.2, 0.25) is 0 Å². The molecule has 12 nitrogen and oxygen atoms in total.